The third-order valence-corrected chi connectivity index (χ3v) is 2.82. The average molecular weight is 291 g/mol. The number of hydrogen-bond donors (Lipinski definition) is 2. The van der Waals surface area contributed by atoms with Gasteiger partial charge in [-0.2, -0.15) is 5.10 Å². The molecule has 7 nitrogen and oxygen atoms in total. The molecule has 0 bridgehead atoms. The van der Waals surface area contributed by atoms with Crippen LogP contribution in [0.4, 0.5) is 0 Å². The Bertz CT molecular complexity index is 638. The van der Waals surface area contributed by atoms with Crippen LogP contribution in [0.3, 0.4) is 0 Å². The molecule has 1 atom stereocenters. The summed E-state index contributed by atoms with van der Waals surface area (Å²) in [5, 5.41) is 9.96. The smallest absolute Gasteiger partial charge is 0.359 e. The van der Waals surface area contributed by atoms with Crippen molar-refractivity contribution in [2.75, 3.05) is 20.3 Å². The van der Waals surface area contributed by atoms with Gasteiger partial charge in [0.15, 0.2) is 12.3 Å². The SMILES string of the molecule is COCC(C)NC(=O)COC(=O)c1n[nH]c2ccccc12. The van der Waals surface area contributed by atoms with Crippen molar-refractivity contribution in [3.05, 3.63) is 30.0 Å². The molecular formula is C14H17N3O4. The minimum Gasteiger partial charge on any atom is -0.451 e. The minimum atomic E-state index is -0.637. The molecule has 0 saturated carbocycles. The Kier molecular flexibility index (Phi) is 4.89. The van der Waals surface area contributed by atoms with Crippen molar-refractivity contribution < 1.29 is 19.1 Å². The molecule has 0 spiro atoms. The second-order valence-corrected chi connectivity index (χ2v) is 4.62. The standard InChI is InChI=1S/C14H17N3O4/c1-9(7-20-2)15-12(18)8-21-14(19)13-10-5-3-4-6-11(10)16-17-13/h3-6,9H,7-8H2,1-2H3,(H,15,18)(H,16,17). The summed E-state index contributed by atoms with van der Waals surface area (Å²) in [4.78, 5) is 23.5. The van der Waals surface area contributed by atoms with Gasteiger partial charge in [0.05, 0.1) is 12.1 Å². The van der Waals surface area contributed by atoms with E-state index in [1.54, 1.807) is 32.2 Å². The second kappa shape index (κ2) is 6.85. The number of ether oxygens (including phenoxy) is 2. The Morgan fingerprint density at radius 2 is 2.14 bits per heavy atom. The van der Waals surface area contributed by atoms with Gasteiger partial charge in [-0.3, -0.25) is 9.89 Å². The van der Waals surface area contributed by atoms with Gasteiger partial charge in [0, 0.05) is 18.5 Å². The van der Waals surface area contributed by atoms with Crippen LogP contribution in [0, 0.1) is 0 Å². The summed E-state index contributed by atoms with van der Waals surface area (Å²) >= 11 is 0. The third kappa shape index (κ3) is 3.79. The van der Waals surface area contributed by atoms with E-state index in [1.807, 2.05) is 6.07 Å². The predicted molar refractivity (Wildman–Crippen MR) is 75.9 cm³/mol. The van der Waals surface area contributed by atoms with Gasteiger partial charge in [-0.05, 0) is 13.0 Å². The Hall–Kier alpha value is -2.41. The van der Waals surface area contributed by atoms with E-state index in [2.05, 4.69) is 15.5 Å². The lowest BCUT2D eigenvalue weighted by atomic mass is 10.2. The Balaban J connectivity index is 1.91. The topological polar surface area (TPSA) is 93.3 Å². The first kappa shape index (κ1) is 15.0. The average Bonchev–Trinajstić information content (AvgIpc) is 2.89. The fourth-order valence-corrected chi connectivity index (χ4v) is 1.93. The molecule has 0 saturated heterocycles. The minimum absolute atomic E-state index is 0.146. The zero-order valence-electron chi connectivity index (χ0n) is 11.9. The summed E-state index contributed by atoms with van der Waals surface area (Å²) in [5.41, 5.74) is 0.908. The monoisotopic (exact) mass is 291 g/mol. The molecule has 1 unspecified atom stereocenters. The lowest BCUT2D eigenvalue weighted by molar-refractivity contribution is -0.125. The normalized spacial score (nSPS) is 12.1. The first-order chi connectivity index (χ1) is 10.1. The van der Waals surface area contributed by atoms with Crippen molar-refractivity contribution in [1.82, 2.24) is 15.5 Å². The number of aromatic amines is 1. The summed E-state index contributed by atoms with van der Waals surface area (Å²) < 4.78 is 9.86. The molecular weight excluding hydrogens is 274 g/mol. The van der Waals surface area contributed by atoms with E-state index >= 15 is 0 Å². The molecule has 7 heteroatoms. The van der Waals surface area contributed by atoms with E-state index in [0.717, 1.165) is 5.52 Å². The van der Waals surface area contributed by atoms with Crippen LogP contribution in [0.1, 0.15) is 17.4 Å². The Labute approximate surface area is 121 Å². The van der Waals surface area contributed by atoms with Crippen molar-refractivity contribution in [1.29, 1.82) is 0 Å². The second-order valence-electron chi connectivity index (χ2n) is 4.62. The maximum atomic E-state index is 11.9. The molecule has 0 aliphatic heterocycles. The number of amides is 1. The summed E-state index contributed by atoms with van der Waals surface area (Å²) in [7, 11) is 1.55. The van der Waals surface area contributed by atoms with Crippen LogP contribution in [0.2, 0.25) is 0 Å². The van der Waals surface area contributed by atoms with Crippen molar-refractivity contribution in [3.63, 3.8) is 0 Å². The van der Waals surface area contributed by atoms with E-state index in [-0.39, 0.29) is 24.2 Å². The van der Waals surface area contributed by atoms with E-state index < -0.39 is 5.97 Å². The quantitative estimate of drug-likeness (QED) is 0.770. The maximum Gasteiger partial charge on any atom is 0.359 e. The first-order valence-electron chi connectivity index (χ1n) is 6.50. The zero-order valence-corrected chi connectivity index (χ0v) is 11.9. The van der Waals surface area contributed by atoms with Crippen LogP contribution >= 0.6 is 0 Å². The van der Waals surface area contributed by atoms with Crippen LogP contribution in [0.25, 0.3) is 10.9 Å². The number of methoxy groups -OCH3 is 1. The lowest BCUT2D eigenvalue weighted by Gasteiger charge is -2.12. The number of rotatable bonds is 6. The van der Waals surface area contributed by atoms with E-state index in [0.29, 0.717) is 12.0 Å². The number of carbonyl (C=O) groups excluding carboxylic acids is 2. The fraction of sp³-hybridized carbons (Fsp3) is 0.357. The number of fused-ring (bicyclic) bond motifs is 1. The van der Waals surface area contributed by atoms with Crippen molar-refractivity contribution >= 4 is 22.8 Å². The number of para-hydroxylation sites is 1. The van der Waals surface area contributed by atoms with Gasteiger partial charge in [0.2, 0.25) is 0 Å². The van der Waals surface area contributed by atoms with Crippen molar-refractivity contribution in [3.8, 4) is 0 Å². The molecule has 2 aromatic rings. The molecule has 1 amide bonds. The van der Waals surface area contributed by atoms with Crippen LogP contribution in [0.15, 0.2) is 24.3 Å². The van der Waals surface area contributed by atoms with Gasteiger partial charge in [0.25, 0.3) is 5.91 Å². The Morgan fingerprint density at radius 3 is 2.90 bits per heavy atom. The molecule has 0 aliphatic rings. The number of esters is 1. The van der Waals surface area contributed by atoms with Crippen LogP contribution < -0.4 is 5.32 Å². The molecule has 0 aliphatic carbocycles. The lowest BCUT2D eigenvalue weighted by Crippen LogP contribution is -2.38. The van der Waals surface area contributed by atoms with Gasteiger partial charge in [-0.15, -0.1) is 0 Å². The number of hydrogen-bond acceptors (Lipinski definition) is 5. The number of benzene rings is 1. The number of aromatic nitrogens is 2. The number of nitrogens with one attached hydrogen (secondary N) is 2. The summed E-state index contributed by atoms with van der Waals surface area (Å²) in [6.45, 7) is 1.84. The van der Waals surface area contributed by atoms with Crippen LogP contribution in [-0.4, -0.2) is 48.4 Å². The van der Waals surface area contributed by atoms with E-state index in [1.165, 1.54) is 0 Å². The molecule has 1 heterocycles. The highest BCUT2D eigenvalue weighted by molar-refractivity contribution is 6.02. The molecule has 112 valence electrons. The summed E-state index contributed by atoms with van der Waals surface area (Å²) in [5.74, 6) is -1.02. The first-order valence-corrected chi connectivity index (χ1v) is 6.50. The molecule has 2 rings (SSSR count). The van der Waals surface area contributed by atoms with Crippen molar-refractivity contribution in [2.24, 2.45) is 0 Å². The molecule has 0 radical (unpaired) electrons. The van der Waals surface area contributed by atoms with E-state index in [9.17, 15) is 9.59 Å². The predicted octanol–water partition coefficient (Wildman–Crippen LogP) is 0.871. The summed E-state index contributed by atoms with van der Waals surface area (Å²) in [6, 6.07) is 7.05. The van der Waals surface area contributed by atoms with Crippen LogP contribution in [-0.2, 0) is 14.3 Å². The van der Waals surface area contributed by atoms with Crippen LogP contribution in [0.5, 0.6) is 0 Å². The third-order valence-electron chi connectivity index (χ3n) is 2.82. The fourth-order valence-electron chi connectivity index (χ4n) is 1.93. The zero-order chi connectivity index (χ0) is 15.2. The van der Waals surface area contributed by atoms with Gasteiger partial charge >= 0.3 is 5.97 Å². The highest BCUT2D eigenvalue weighted by Crippen LogP contribution is 2.15. The molecule has 1 aromatic carbocycles. The van der Waals surface area contributed by atoms with Gasteiger partial charge in [-0.1, -0.05) is 18.2 Å². The van der Waals surface area contributed by atoms with E-state index in [4.69, 9.17) is 9.47 Å². The van der Waals surface area contributed by atoms with Crippen molar-refractivity contribution in [2.45, 2.75) is 13.0 Å². The van der Waals surface area contributed by atoms with Gasteiger partial charge in [-0.25, -0.2) is 4.79 Å². The Morgan fingerprint density at radius 1 is 1.38 bits per heavy atom. The number of nitrogens with zero attached hydrogens (tertiary/aromatic N) is 1. The number of H-pyrrole nitrogens is 1. The maximum absolute atomic E-state index is 11.9. The van der Waals surface area contributed by atoms with Gasteiger partial charge < -0.3 is 14.8 Å². The molecule has 21 heavy (non-hydrogen) atoms. The summed E-state index contributed by atoms with van der Waals surface area (Å²) in [6.07, 6.45) is 0. The highest BCUT2D eigenvalue weighted by atomic mass is 16.5. The largest absolute Gasteiger partial charge is 0.451 e. The molecule has 0 fully saturated rings. The van der Waals surface area contributed by atoms with Gasteiger partial charge in [0.1, 0.15) is 0 Å². The molecule has 2 N–H and O–H groups in total. The highest BCUT2D eigenvalue weighted by Gasteiger charge is 2.17. The number of carbonyl (C=O) groups is 2. The molecule has 1 aromatic heterocycles.